The number of amides is 1. The largest absolute Gasteiger partial charge is 0.448 e. The summed E-state index contributed by atoms with van der Waals surface area (Å²) in [6.45, 7) is 0.886. The van der Waals surface area contributed by atoms with Crippen molar-refractivity contribution in [1.82, 2.24) is 9.47 Å². The second kappa shape index (κ2) is 5.85. The summed E-state index contributed by atoms with van der Waals surface area (Å²) in [5.41, 5.74) is 2.26. The van der Waals surface area contributed by atoms with Crippen LogP contribution < -0.4 is 0 Å². The summed E-state index contributed by atoms with van der Waals surface area (Å²) in [6.07, 6.45) is 3.77. The van der Waals surface area contributed by atoms with Crippen molar-refractivity contribution < 1.29 is 14.3 Å². The summed E-state index contributed by atoms with van der Waals surface area (Å²) < 4.78 is 8.06. The number of rotatable bonds is 3. The molecule has 2 aromatic heterocycles. The highest BCUT2D eigenvalue weighted by Gasteiger charge is 2.29. The van der Waals surface area contributed by atoms with Gasteiger partial charge in [-0.2, -0.15) is 0 Å². The third-order valence-electron chi connectivity index (χ3n) is 4.27. The number of furan rings is 1. The van der Waals surface area contributed by atoms with E-state index in [0.29, 0.717) is 22.4 Å². The van der Waals surface area contributed by atoms with Gasteiger partial charge in [0.15, 0.2) is 10.3 Å². The van der Waals surface area contributed by atoms with Crippen molar-refractivity contribution in [3.63, 3.8) is 0 Å². The minimum absolute atomic E-state index is 0.0261. The maximum atomic E-state index is 12.8. The molecule has 0 radical (unpaired) electrons. The molecule has 114 valence electrons. The van der Waals surface area contributed by atoms with Crippen molar-refractivity contribution in [2.24, 2.45) is 7.05 Å². The van der Waals surface area contributed by atoms with E-state index < -0.39 is 0 Å². The fourth-order valence-corrected chi connectivity index (χ4v) is 3.54. The zero-order valence-corrected chi connectivity index (χ0v) is 13.6. The Bertz CT molecular complexity index is 659. The molecule has 0 aliphatic carbocycles. The van der Waals surface area contributed by atoms with Crippen LogP contribution in [0.25, 0.3) is 11.1 Å². The Morgan fingerprint density at radius 2 is 2.29 bits per heavy atom. The number of piperidine rings is 1. The predicted molar refractivity (Wildman–Crippen MR) is 83.3 cm³/mol. The molecule has 3 rings (SSSR count). The lowest BCUT2D eigenvalue weighted by molar-refractivity contribution is 0.0565. The van der Waals surface area contributed by atoms with Crippen LogP contribution in [0.4, 0.5) is 0 Å². The second-order valence-electron chi connectivity index (χ2n) is 5.55. The van der Waals surface area contributed by atoms with Crippen molar-refractivity contribution in [2.45, 2.75) is 31.7 Å². The van der Waals surface area contributed by atoms with Crippen LogP contribution in [0.3, 0.4) is 0 Å². The van der Waals surface area contributed by atoms with Crippen LogP contribution in [0.15, 0.2) is 21.2 Å². The Morgan fingerprint density at radius 1 is 1.48 bits per heavy atom. The van der Waals surface area contributed by atoms with Crippen molar-refractivity contribution >= 4 is 32.9 Å². The van der Waals surface area contributed by atoms with E-state index in [1.54, 1.807) is 6.07 Å². The lowest BCUT2D eigenvalue weighted by atomic mass is 9.99. The smallest absolute Gasteiger partial charge is 0.270 e. The molecule has 6 heteroatoms. The molecule has 1 N–H and O–H groups in total. The summed E-state index contributed by atoms with van der Waals surface area (Å²) in [5, 5.41) is 9.19. The normalized spacial score (nSPS) is 19.4. The monoisotopic (exact) mass is 354 g/mol. The van der Waals surface area contributed by atoms with E-state index in [2.05, 4.69) is 15.9 Å². The molecule has 1 fully saturated rings. The van der Waals surface area contributed by atoms with Crippen LogP contribution in [0.2, 0.25) is 0 Å². The van der Waals surface area contributed by atoms with E-state index in [9.17, 15) is 9.90 Å². The maximum Gasteiger partial charge on any atom is 0.270 e. The molecular formula is C15H19BrN2O3. The minimum atomic E-state index is 0.0261. The van der Waals surface area contributed by atoms with Crippen LogP contribution in [-0.2, 0) is 7.05 Å². The highest BCUT2D eigenvalue weighted by molar-refractivity contribution is 9.10. The van der Waals surface area contributed by atoms with E-state index >= 15 is 0 Å². The zero-order chi connectivity index (χ0) is 15.0. The summed E-state index contributed by atoms with van der Waals surface area (Å²) in [5.74, 6) is 0.0261. The summed E-state index contributed by atoms with van der Waals surface area (Å²) in [7, 11) is 1.88. The first kappa shape index (κ1) is 14.7. The minimum Gasteiger partial charge on any atom is -0.448 e. The van der Waals surface area contributed by atoms with Crippen LogP contribution in [0, 0.1) is 0 Å². The second-order valence-corrected chi connectivity index (χ2v) is 6.33. The average Bonchev–Trinajstić information content (AvgIpc) is 2.97. The molecule has 1 amide bonds. The van der Waals surface area contributed by atoms with E-state index in [0.717, 1.165) is 31.3 Å². The lowest BCUT2D eigenvalue weighted by Gasteiger charge is -2.35. The van der Waals surface area contributed by atoms with Gasteiger partial charge in [-0.1, -0.05) is 0 Å². The maximum absolute atomic E-state index is 12.8. The average molecular weight is 355 g/mol. The first-order valence-corrected chi connectivity index (χ1v) is 8.07. The molecule has 21 heavy (non-hydrogen) atoms. The van der Waals surface area contributed by atoms with Gasteiger partial charge >= 0.3 is 0 Å². The van der Waals surface area contributed by atoms with Gasteiger partial charge in [0.05, 0.1) is 5.52 Å². The molecule has 0 bridgehead atoms. The summed E-state index contributed by atoms with van der Waals surface area (Å²) >= 11 is 3.30. The summed E-state index contributed by atoms with van der Waals surface area (Å²) in [6, 6.07) is 3.81. The Kier molecular flexibility index (Phi) is 4.08. The quantitative estimate of drug-likeness (QED) is 0.921. The fourth-order valence-electron chi connectivity index (χ4n) is 3.15. The van der Waals surface area contributed by atoms with Gasteiger partial charge in [-0.15, -0.1) is 0 Å². The van der Waals surface area contributed by atoms with Crippen LogP contribution in [-0.4, -0.2) is 39.7 Å². The van der Waals surface area contributed by atoms with Gasteiger partial charge in [-0.05, 0) is 41.6 Å². The predicted octanol–water partition coefficient (Wildman–Crippen LogP) is 2.91. The van der Waals surface area contributed by atoms with Crippen molar-refractivity contribution in [2.75, 3.05) is 13.2 Å². The van der Waals surface area contributed by atoms with Crippen molar-refractivity contribution in [1.29, 1.82) is 0 Å². The SMILES string of the molecule is Cn1c(C(=O)N2CCCCC2CCO)cc2oc(Br)cc21. The Hall–Kier alpha value is -1.27. The van der Waals surface area contributed by atoms with Gasteiger partial charge in [0, 0.05) is 38.4 Å². The molecular weight excluding hydrogens is 336 g/mol. The molecule has 0 aromatic carbocycles. The van der Waals surface area contributed by atoms with Crippen LogP contribution >= 0.6 is 15.9 Å². The number of aliphatic hydroxyl groups excluding tert-OH is 1. The Labute approximate surface area is 131 Å². The number of halogens is 1. The van der Waals surface area contributed by atoms with Gasteiger partial charge in [0.2, 0.25) is 0 Å². The van der Waals surface area contributed by atoms with Crippen molar-refractivity contribution in [3.8, 4) is 0 Å². The van der Waals surface area contributed by atoms with Gasteiger partial charge in [-0.3, -0.25) is 4.79 Å². The van der Waals surface area contributed by atoms with Crippen LogP contribution in [0.5, 0.6) is 0 Å². The molecule has 1 saturated heterocycles. The number of hydrogen-bond donors (Lipinski definition) is 1. The fraction of sp³-hybridized carbons (Fsp3) is 0.533. The topological polar surface area (TPSA) is 58.6 Å². The summed E-state index contributed by atoms with van der Waals surface area (Å²) in [4.78, 5) is 14.7. The molecule has 0 saturated carbocycles. The molecule has 5 nitrogen and oxygen atoms in total. The lowest BCUT2D eigenvalue weighted by Crippen LogP contribution is -2.44. The first-order chi connectivity index (χ1) is 10.1. The number of aliphatic hydroxyl groups is 1. The van der Waals surface area contributed by atoms with Gasteiger partial charge in [0.1, 0.15) is 5.69 Å². The highest BCUT2D eigenvalue weighted by atomic mass is 79.9. The van der Waals surface area contributed by atoms with E-state index in [4.69, 9.17) is 4.42 Å². The van der Waals surface area contributed by atoms with E-state index in [-0.39, 0.29) is 18.6 Å². The molecule has 2 aromatic rings. The molecule has 3 heterocycles. The number of aromatic nitrogens is 1. The standard InChI is InChI=1S/C15H19BrN2O3/c1-17-11-9-14(16)21-13(11)8-12(17)15(20)18-6-3-2-4-10(18)5-7-19/h8-10,19H,2-7H2,1H3. The number of fused-ring (bicyclic) bond motifs is 1. The van der Waals surface area contributed by atoms with Crippen LogP contribution in [0.1, 0.15) is 36.2 Å². The number of aryl methyl sites for hydroxylation is 1. The molecule has 1 atom stereocenters. The molecule has 0 spiro atoms. The number of nitrogens with zero attached hydrogens (tertiary/aromatic N) is 2. The molecule has 1 aliphatic rings. The van der Waals surface area contributed by atoms with Crippen molar-refractivity contribution in [3.05, 3.63) is 22.5 Å². The third-order valence-corrected chi connectivity index (χ3v) is 4.66. The zero-order valence-electron chi connectivity index (χ0n) is 12.0. The number of hydrogen-bond acceptors (Lipinski definition) is 3. The first-order valence-electron chi connectivity index (χ1n) is 7.28. The third kappa shape index (κ3) is 2.62. The van der Waals surface area contributed by atoms with Gasteiger partial charge in [0.25, 0.3) is 5.91 Å². The van der Waals surface area contributed by atoms with E-state index in [1.165, 1.54) is 0 Å². The van der Waals surface area contributed by atoms with Gasteiger partial charge < -0.3 is 19.0 Å². The highest BCUT2D eigenvalue weighted by Crippen LogP contribution is 2.28. The van der Waals surface area contributed by atoms with Gasteiger partial charge in [-0.25, -0.2) is 0 Å². The number of carbonyl (C=O) groups is 1. The molecule has 1 aliphatic heterocycles. The van der Waals surface area contributed by atoms with E-state index in [1.807, 2.05) is 22.6 Å². The number of likely N-dealkylation sites (tertiary alicyclic amines) is 1. The Balaban J connectivity index is 1.91. The number of carbonyl (C=O) groups excluding carboxylic acids is 1. The Morgan fingerprint density at radius 3 is 3.00 bits per heavy atom. The molecule has 1 unspecified atom stereocenters.